The first-order valence-electron chi connectivity index (χ1n) is 6.50. The van der Waals surface area contributed by atoms with Crippen LogP contribution in [0.1, 0.15) is 12.5 Å². The van der Waals surface area contributed by atoms with Gasteiger partial charge in [-0.2, -0.15) is 0 Å². The SMILES string of the molecule is CC(N)C1CN(Cc2cccc([N+](=O)[O-])c2Br)CCO1. The highest BCUT2D eigenvalue weighted by Crippen LogP contribution is 2.29. The van der Waals surface area contributed by atoms with Crippen LogP contribution in [-0.4, -0.2) is 41.7 Å². The summed E-state index contributed by atoms with van der Waals surface area (Å²) in [7, 11) is 0. The zero-order chi connectivity index (χ0) is 14.7. The van der Waals surface area contributed by atoms with E-state index in [2.05, 4.69) is 20.8 Å². The quantitative estimate of drug-likeness (QED) is 0.666. The van der Waals surface area contributed by atoms with Crippen molar-refractivity contribution in [2.24, 2.45) is 5.73 Å². The minimum Gasteiger partial charge on any atom is -0.374 e. The van der Waals surface area contributed by atoms with Crippen LogP contribution in [0, 0.1) is 10.1 Å². The van der Waals surface area contributed by atoms with Crippen molar-refractivity contribution in [1.29, 1.82) is 0 Å². The molecule has 1 fully saturated rings. The molecule has 1 aliphatic rings. The normalized spacial score (nSPS) is 21.6. The number of hydrogen-bond donors (Lipinski definition) is 1. The van der Waals surface area contributed by atoms with Crippen LogP contribution in [0.5, 0.6) is 0 Å². The first-order chi connectivity index (χ1) is 9.49. The first kappa shape index (κ1) is 15.4. The highest BCUT2D eigenvalue weighted by Gasteiger charge is 2.24. The molecule has 0 aromatic heterocycles. The third-order valence-corrected chi connectivity index (χ3v) is 4.33. The van der Waals surface area contributed by atoms with Gasteiger partial charge in [-0.3, -0.25) is 15.0 Å². The third-order valence-electron chi connectivity index (χ3n) is 3.41. The Morgan fingerprint density at radius 3 is 3.05 bits per heavy atom. The van der Waals surface area contributed by atoms with E-state index in [4.69, 9.17) is 10.5 Å². The maximum atomic E-state index is 10.9. The van der Waals surface area contributed by atoms with E-state index in [1.165, 1.54) is 6.07 Å². The third kappa shape index (κ3) is 3.54. The largest absolute Gasteiger partial charge is 0.374 e. The Balaban J connectivity index is 2.10. The fourth-order valence-corrected chi connectivity index (χ4v) is 2.80. The summed E-state index contributed by atoms with van der Waals surface area (Å²) in [6.07, 6.45) is 0.0150. The maximum absolute atomic E-state index is 10.9. The van der Waals surface area contributed by atoms with Crippen molar-refractivity contribution in [3.05, 3.63) is 38.3 Å². The van der Waals surface area contributed by atoms with Gasteiger partial charge in [0.2, 0.25) is 0 Å². The second-order valence-corrected chi connectivity index (χ2v) is 5.80. The molecule has 6 nitrogen and oxygen atoms in total. The summed E-state index contributed by atoms with van der Waals surface area (Å²) in [6, 6.07) is 5.08. The van der Waals surface area contributed by atoms with Gasteiger partial charge in [0.25, 0.3) is 5.69 Å². The van der Waals surface area contributed by atoms with Crippen molar-refractivity contribution in [3.8, 4) is 0 Å². The van der Waals surface area contributed by atoms with Crippen molar-refractivity contribution in [2.45, 2.75) is 25.6 Å². The molecule has 2 rings (SSSR count). The van der Waals surface area contributed by atoms with Crippen LogP contribution in [0.25, 0.3) is 0 Å². The summed E-state index contributed by atoms with van der Waals surface area (Å²) in [5, 5.41) is 10.9. The van der Waals surface area contributed by atoms with Gasteiger partial charge in [0.05, 0.1) is 22.1 Å². The Morgan fingerprint density at radius 1 is 1.65 bits per heavy atom. The van der Waals surface area contributed by atoms with E-state index in [0.717, 1.165) is 18.7 Å². The van der Waals surface area contributed by atoms with E-state index in [1.807, 2.05) is 13.0 Å². The second kappa shape index (κ2) is 6.62. The van der Waals surface area contributed by atoms with Gasteiger partial charge >= 0.3 is 0 Å². The number of nitro benzene ring substituents is 1. The molecule has 20 heavy (non-hydrogen) atoms. The molecule has 2 N–H and O–H groups in total. The Kier molecular flexibility index (Phi) is 5.09. The highest BCUT2D eigenvalue weighted by molar-refractivity contribution is 9.10. The summed E-state index contributed by atoms with van der Waals surface area (Å²) in [6.45, 7) is 4.76. The minimum atomic E-state index is -0.377. The van der Waals surface area contributed by atoms with E-state index in [-0.39, 0.29) is 22.8 Å². The zero-order valence-corrected chi connectivity index (χ0v) is 12.9. The van der Waals surface area contributed by atoms with Crippen LogP contribution in [0.3, 0.4) is 0 Å². The minimum absolute atomic E-state index is 0.0150. The zero-order valence-electron chi connectivity index (χ0n) is 11.3. The monoisotopic (exact) mass is 343 g/mol. The molecule has 0 radical (unpaired) electrons. The molecule has 1 heterocycles. The Bertz CT molecular complexity index is 496. The molecule has 7 heteroatoms. The number of ether oxygens (including phenoxy) is 1. The van der Waals surface area contributed by atoms with Crippen LogP contribution in [0.2, 0.25) is 0 Å². The summed E-state index contributed by atoms with van der Waals surface area (Å²) < 4.78 is 6.16. The van der Waals surface area contributed by atoms with E-state index < -0.39 is 0 Å². The summed E-state index contributed by atoms with van der Waals surface area (Å²) in [5.74, 6) is 0. The lowest BCUT2D eigenvalue weighted by Gasteiger charge is -2.34. The highest BCUT2D eigenvalue weighted by atomic mass is 79.9. The van der Waals surface area contributed by atoms with Gasteiger partial charge in [-0.25, -0.2) is 0 Å². The number of nitro groups is 1. The van der Waals surface area contributed by atoms with Gasteiger partial charge in [0.1, 0.15) is 0 Å². The summed E-state index contributed by atoms with van der Waals surface area (Å²) in [5.41, 5.74) is 6.87. The smallest absolute Gasteiger partial charge is 0.283 e. The molecule has 0 bridgehead atoms. The van der Waals surface area contributed by atoms with Gasteiger partial charge in [-0.15, -0.1) is 0 Å². The van der Waals surface area contributed by atoms with Gasteiger partial charge in [-0.05, 0) is 28.4 Å². The Hall–Kier alpha value is -1.02. The van der Waals surface area contributed by atoms with Crippen molar-refractivity contribution < 1.29 is 9.66 Å². The molecule has 1 aromatic carbocycles. The molecule has 0 aliphatic carbocycles. The number of nitrogens with two attached hydrogens (primary N) is 1. The molecule has 1 saturated heterocycles. The first-order valence-corrected chi connectivity index (χ1v) is 7.29. The summed E-state index contributed by atoms with van der Waals surface area (Å²) >= 11 is 3.33. The van der Waals surface area contributed by atoms with Crippen molar-refractivity contribution in [2.75, 3.05) is 19.7 Å². The summed E-state index contributed by atoms with van der Waals surface area (Å²) in [4.78, 5) is 12.8. The molecule has 2 unspecified atom stereocenters. The molecular formula is C13H18BrN3O3. The van der Waals surface area contributed by atoms with Crippen molar-refractivity contribution in [1.82, 2.24) is 4.90 Å². The average Bonchev–Trinajstić information content (AvgIpc) is 2.41. The maximum Gasteiger partial charge on any atom is 0.283 e. The number of nitrogens with zero attached hydrogens (tertiary/aromatic N) is 2. The van der Waals surface area contributed by atoms with E-state index >= 15 is 0 Å². The average molecular weight is 344 g/mol. The van der Waals surface area contributed by atoms with Gasteiger partial charge in [0.15, 0.2) is 0 Å². The fourth-order valence-electron chi connectivity index (χ4n) is 2.26. The molecule has 1 aromatic rings. The number of benzene rings is 1. The molecule has 1 aliphatic heterocycles. The lowest BCUT2D eigenvalue weighted by molar-refractivity contribution is -0.385. The Labute approximate surface area is 126 Å². The lowest BCUT2D eigenvalue weighted by Crippen LogP contribution is -2.49. The van der Waals surface area contributed by atoms with Crippen LogP contribution in [0.4, 0.5) is 5.69 Å². The van der Waals surface area contributed by atoms with E-state index in [1.54, 1.807) is 6.07 Å². The predicted molar refractivity (Wildman–Crippen MR) is 79.5 cm³/mol. The second-order valence-electron chi connectivity index (χ2n) is 5.01. The van der Waals surface area contributed by atoms with Gasteiger partial charge in [-0.1, -0.05) is 12.1 Å². The Morgan fingerprint density at radius 2 is 2.40 bits per heavy atom. The molecule has 110 valence electrons. The van der Waals surface area contributed by atoms with Crippen molar-refractivity contribution >= 4 is 21.6 Å². The van der Waals surface area contributed by atoms with Gasteiger partial charge in [0, 0.05) is 31.7 Å². The van der Waals surface area contributed by atoms with E-state index in [0.29, 0.717) is 17.6 Å². The standard InChI is InChI=1S/C13H18BrN3O3/c1-9(15)12-8-16(5-6-20-12)7-10-3-2-4-11(13(10)14)17(18)19/h2-4,9,12H,5-8,15H2,1H3. The number of morpholine rings is 1. The van der Waals surface area contributed by atoms with Gasteiger partial charge < -0.3 is 10.5 Å². The fraction of sp³-hybridized carbons (Fsp3) is 0.538. The topological polar surface area (TPSA) is 81.6 Å². The molecule has 0 amide bonds. The van der Waals surface area contributed by atoms with Crippen LogP contribution >= 0.6 is 15.9 Å². The molecule has 0 spiro atoms. The number of rotatable bonds is 4. The molecular weight excluding hydrogens is 326 g/mol. The van der Waals surface area contributed by atoms with Crippen LogP contribution < -0.4 is 5.73 Å². The van der Waals surface area contributed by atoms with E-state index in [9.17, 15) is 10.1 Å². The van der Waals surface area contributed by atoms with Crippen LogP contribution in [0.15, 0.2) is 22.7 Å². The number of halogens is 1. The number of hydrogen-bond acceptors (Lipinski definition) is 5. The van der Waals surface area contributed by atoms with Crippen LogP contribution in [-0.2, 0) is 11.3 Å². The van der Waals surface area contributed by atoms with Crippen molar-refractivity contribution in [3.63, 3.8) is 0 Å². The molecule has 2 atom stereocenters. The lowest BCUT2D eigenvalue weighted by atomic mass is 10.1. The predicted octanol–water partition coefficient (Wildman–Crippen LogP) is 1.91. The molecule has 0 saturated carbocycles.